The summed E-state index contributed by atoms with van der Waals surface area (Å²) in [4.78, 5) is 37.6. The second kappa shape index (κ2) is 10.9. The maximum Gasteiger partial charge on any atom is 0.363 e. The first kappa shape index (κ1) is 25.3. The van der Waals surface area contributed by atoms with Crippen LogP contribution in [0.4, 0.5) is 11.4 Å². The molecule has 4 rings (SSSR count). The van der Waals surface area contributed by atoms with Crippen molar-refractivity contribution in [2.45, 2.75) is 13.5 Å². The summed E-state index contributed by atoms with van der Waals surface area (Å²) in [5, 5.41) is 22.2. The van der Waals surface area contributed by atoms with Crippen molar-refractivity contribution in [3.63, 3.8) is 0 Å². The van der Waals surface area contributed by atoms with Gasteiger partial charge in [-0.25, -0.2) is 9.79 Å². The van der Waals surface area contributed by atoms with Gasteiger partial charge < -0.3 is 14.2 Å². The molecular formula is C25H18ClN3O8. The van der Waals surface area contributed by atoms with Crippen molar-refractivity contribution < 1.29 is 28.9 Å². The van der Waals surface area contributed by atoms with Crippen LogP contribution in [-0.2, 0) is 16.1 Å². The molecule has 0 saturated heterocycles. The van der Waals surface area contributed by atoms with Crippen molar-refractivity contribution in [1.82, 2.24) is 0 Å². The summed E-state index contributed by atoms with van der Waals surface area (Å²) in [7, 11) is 0. The van der Waals surface area contributed by atoms with Crippen LogP contribution in [0.3, 0.4) is 0 Å². The molecule has 0 aliphatic carbocycles. The average Bonchev–Trinajstić information content (AvgIpc) is 3.23. The molecular weight excluding hydrogens is 506 g/mol. The number of cyclic esters (lactones) is 1. The van der Waals surface area contributed by atoms with Crippen LogP contribution in [0.5, 0.6) is 11.5 Å². The van der Waals surface area contributed by atoms with Gasteiger partial charge in [-0.1, -0.05) is 29.8 Å². The standard InChI is InChI=1S/C25H18ClN3O8/c1-2-35-23-12-15(6-9-22(23)36-14-16-4-3-5-17(10-16)28(31)32)11-21-25(30)37-24(27-21)19-13-18(29(33)34)7-8-20(19)26/h3-13H,2,14H2,1H3/b21-11-. The number of halogens is 1. The lowest BCUT2D eigenvalue weighted by Gasteiger charge is -2.13. The predicted molar refractivity (Wildman–Crippen MR) is 134 cm³/mol. The van der Waals surface area contributed by atoms with Gasteiger partial charge in [0.05, 0.1) is 27.0 Å². The van der Waals surface area contributed by atoms with Gasteiger partial charge in [0, 0.05) is 24.3 Å². The topological polar surface area (TPSA) is 143 Å². The predicted octanol–water partition coefficient (Wildman–Crippen LogP) is 5.48. The van der Waals surface area contributed by atoms with Gasteiger partial charge in [0.1, 0.15) is 6.61 Å². The first-order valence-electron chi connectivity index (χ1n) is 10.8. The quantitative estimate of drug-likeness (QED) is 0.155. The SMILES string of the molecule is CCOc1cc(/C=C2\N=C(c3cc([N+](=O)[O-])ccc3Cl)OC2=O)ccc1OCc1cccc([N+](=O)[O-])c1. The van der Waals surface area contributed by atoms with Crippen LogP contribution in [0, 0.1) is 20.2 Å². The monoisotopic (exact) mass is 523 g/mol. The Kier molecular flexibility index (Phi) is 7.44. The minimum absolute atomic E-state index is 0.0368. The molecule has 0 aromatic heterocycles. The maximum absolute atomic E-state index is 12.4. The highest BCUT2D eigenvalue weighted by Crippen LogP contribution is 2.32. The first-order chi connectivity index (χ1) is 17.7. The average molecular weight is 524 g/mol. The summed E-state index contributed by atoms with van der Waals surface area (Å²) in [5.41, 5.74) is 0.977. The van der Waals surface area contributed by atoms with E-state index in [-0.39, 0.29) is 40.2 Å². The second-order valence-electron chi connectivity index (χ2n) is 7.61. The van der Waals surface area contributed by atoms with Gasteiger partial charge in [-0.2, -0.15) is 0 Å². The molecule has 37 heavy (non-hydrogen) atoms. The fourth-order valence-corrected chi connectivity index (χ4v) is 3.59. The van der Waals surface area contributed by atoms with Gasteiger partial charge in [0.2, 0.25) is 5.90 Å². The molecule has 0 bridgehead atoms. The van der Waals surface area contributed by atoms with Crippen molar-refractivity contribution in [2.24, 2.45) is 4.99 Å². The third-order valence-corrected chi connectivity index (χ3v) is 5.43. The smallest absolute Gasteiger partial charge is 0.363 e. The summed E-state index contributed by atoms with van der Waals surface area (Å²) in [6, 6.07) is 14.8. The number of carbonyl (C=O) groups excluding carboxylic acids is 1. The Hall–Kier alpha value is -4.77. The third-order valence-electron chi connectivity index (χ3n) is 5.10. The van der Waals surface area contributed by atoms with Crippen LogP contribution in [-0.4, -0.2) is 28.3 Å². The zero-order valence-corrected chi connectivity index (χ0v) is 20.0. The van der Waals surface area contributed by atoms with Crippen molar-refractivity contribution in [1.29, 1.82) is 0 Å². The number of nitrogens with zero attached hydrogens (tertiary/aromatic N) is 3. The van der Waals surface area contributed by atoms with Crippen LogP contribution >= 0.6 is 11.6 Å². The zero-order valence-electron chi connectivity index (χ0n) is 19.3. The number of aliphatic imine (C=N–C) groups is 1. The van der Waals surface area contributed by atoms with E-state index in [1.54, 1.807) is 37.3 Å². The zero-order chi connectivity index (χ0) is 26.5. The van der Waals surface area contributed by atoms with Gasteiger partial charge in [-0.3, -0.25) is 20.2 Å². The molecule has 0 atom stereocenters. The van der Waals surface area contributed by atoms with Crippen LogP contribution in [0.1, 0.15) is 23.6 Å². The summed E-state index contributed by atoms with van der Waals surface area (Å²) in [5.74, 6) is -0.106. The number of carbonyl (C=O) groups is 1. The van der Waals surface area contributed by atoms with E-state index in [1.807, 2.05) is 0 Å². The van der Waals surface area contributed by atoms with Crippen molar-refractivity contribution >= 4 is 40.9 Å². The Balaban J connectivity index is 1.58. The van der Waals surface area contributed by atoms with Crippen molar-refractivity contribution in [2.75, 3.05) is 6.61 Å². The van der Waals surface area contributed by atoms with Gasteiger partial charge in [-0.15, -0.1) is 0 Å². The van der Waals surface area contributed by atoms with E-state index in [4.69, 9.17) is 25.8 Å². The Labute approximate surface area is 214 Å². The molecule has 0 unspecified atom stereocenters. The molecule has 0 fully saturated rings. The van der Waals surface area contributed by atoms with Crippen LogP contribution in [0.2, 0.25) is 5.02 Å². The highest BCUT2D eigenvalue weighted by molar-refractivity contribution is 6.34. The molecule has 0 spiro atoms. The van der Waals surface area contributed by atoms with Crippen molar-refractivity contribution in [3.05, 3.63) is 108 Å². The van der Waals surface area contributed by atoms with Gasteiger partial charge in [0.15, 0.2) is 17.2 Å². The Morgan fingerprint density at radius 2 is 1.73 bits per heavy atom. The normalized spacial score (nSPS) is 13.7. The second-order valence-corrected chi connectivity index (χ2v) is 8.02. The number of nitro benzene ring substituents is 2. The summed E-state index contributed by atoms with van der Waals surface area (Å²) < 4.78 is 16.7. The summed E-state index contributed by atoms with van der Waals surface area (Å²) in [6.45, 7) is 2.21. The van der Waals surface area contributed by atoms with Crippen LogP contribution in [0.25, 0.3) is 6.08 Å². The number of non-ortho nitro benzene ring substituents is 2. The highest BCUT2D eigenvalue weighted by Gasteiger charge is 2.27. The lowest BCUT2D eigenvalue weighted by molar-refractivity contribution is -0.385. The molecule has 0 radical (unpaired) electrons. The molecule has 3 aromatic rings. The number of hydrogen-bond donors (Lipinski definition) is 0. The number of nitro groups is 2. The molecule has 1 heterocycles. The van der Waals surface area contributed by atoms with Gasteiger partial charge in [-0.05, 0) is 42.3 Å². The Morgan fingerprint density at radius 3 is 2.46 bits per heavy atom. The molecule has 3 aromatic carbocycles. The molecule has 1 aliphatic rings. The minimum atomic E-state index is -0.749. The number of hydrogen-bond acceptors (Lipinski definition) is 9. The van der Waals surface area contributed by atoms with E-state index in [0.29, 0.717) is 29.2 Å². The molecule has 0 saturated carbocycles. The fraction of sp³-hybridized carbons (Fsp3) is 0.120. The van der Waals surface area contributed by atoms with Gasteiger partial charge >= 0.3 is 5.97 Å². The largest absolute Gasteiger partial charge is 0.490 e. The van der Waals surface area contributed by atoms with E-state index in [9.17, 15) is 25.0 Å². The van der Waals surface area contributed by atoms with E-state index < -0.39 is 15.8 Å². The summed E-state index contributed by atoms with van der Waals surface area (Å²) in [6.07, 6.45) is 1.47. The Morgan fingerprint density at radius 1 is 0.973 bits per heavy atom. The van der Waals surface area contributed by atoms with E-state index >= 15 is 0 Å². The molecule has 0 amide bonds. The fourth-order valence-electron chi connectivity index (χ4n) is 3.40. The minimum Gasteiger partial charge on any atom is -0.490 e. The number of benzene rings is 3. The first-order valence-corrected chi connectivity index (χ1v) is 11.2. The van der Waals surface area contributed by atoms with Gasteiger partial charge in [0.25, 0.3) is 11.4 Å². The van der Waals surface area contributed by atoms with Crippen LogP contribution in [0.15, 0.2) is 71.4 Å². The third kappa shape index (κ3) is 5.90. The highest BCUT2D eigenvalue weighted by atomic mass is 35.5. The molecule has 12 heteroatoms. The van der Waals surface area contributed by atoms with E-state index in [0.717, 1.165) is 0 Å². The lowest BCUT2D eigenvalue weighted by Crippen LogP contribution is -2.06. The van der Waals surface area contributed by atoms with E-state index in [1.165, 1.54) is 36.4 Å². The number of esters is 1. The number of ether oxygens (including phenoxy) is 3. The molecule has 11 nitrogen and oxygen atoms in total. The molecule has 188 valence electrons. The van der Waals surface area contributed by atoms with Crippen LogP contribution < -0.4 is 9.47 Å². The maximum atomic E-state index is 12.4. The lowest BCUT2D eigenvalue weighted by atomic mass is 10.1. The number of rotatable bonds is 9. The molecule has 0 N–H and O–H groups in total. The Bertz CT molecular complexity index is 1470. The van der Waals surface area contributed by atoms with Crippen molar-refractivity contribution in [3.8, 4) is 11.5 Å². The molecule has 1 aliphatic heterocycles. The summed E-state index contributed by atoms with van der Waals surface area (Å²) >= 11 is 6.13. The van der Waals surface area contributed by atoms with E-state index in [2.05, 4.69) is 4.99 Å².